The van der Waals surface area contributed by atoms with Gasteiger partial charge in [0.1, 0.15) is 11.5 Å². The molecule has 0 bridgehead atoms. The van der Waals surface area contributed by atoms with Gasteiger partial charge in [0.05, 0.1) is 13.2 Å². The molecule has 0 saturated carbocycles. The van der Waals surface area contributed by atoms with E-state index in [-0.39, 0.29) is 5.92 Å². The lowest BCUT2D eigenvalue weighted by Gasteiger charge is -2.18. The number of rotatable bonds is 36. The highest BCUT2D eigenvalue weighted by Crippen LogP contribution is 2.31. The minimum absolute atomic E-state index is 0.228. The summed E-state index contributed by atoms with van der Waals surface area (Å²) >= 11 is 0. The quantitative estimate of drug-likeness (QED) is 0.0566. The Morgan fingerprint density at radius 3 is 0.920 bits per heavy atom. The van der Waals surface area contributed by atoms with E-state index in [1.54, 1.807) is 0 Å². The van der Waals surface area contributed by atoms with Crippen molar-refractivity contribution >= 4 is 9.76 Å². The molecule has 0 unspecified atom stereocenters. The van der Waals surface area contributed by atoms with E-state index >= 15 is 0 Å². The van der Waals surface area contributed by atoms with E-state index in [1.165, 1.54) is 178 Å². The van der Waals surface area contributed by atoms with Gasteiger partial charge in [0.2, 0.25) is 0 Å². The van der Waals surface area contributed by atoms with E-state index in [4.69, 9.17) is 9.47 Å². The van der Waals surface area contributed by atoms with Crippen molar-refractivity contribution in [3.05, 3.63) is 59.7 Å². The minimum Gasteiger partial charge on any atom is -0.494 e. The van der Waals surface area contributed by atoms with Gasteiger partial charge in [-0.2, -0.15) is 0 Å². The van der Waals surface area contributed by atoms with Crippen molar-refractivity contribution in [2.24, 2.45) is 0 Å². The van der Waals surface area contributed by atoms with E-state index in [0.29, 0.717) is 0 Å². The summed E-state index contributed by atoms with van der Waals surface area (Å²) in [5.41, 5.74) is 2.51. The van der Waals surface area contributed by atoms with Crippen molar-refractivity contribution in [3.63, 3.8) is 0 Å². The summed E-state index contributed by atoms with van der Waals surface area (Å²) < 4.78 is 12.2. The van der Waals surface area contributed by atoms with E-state index in [9.17, 15) is 4.80 Å². The smallest absolute Gasteiger partial charge is 0.157 e. The molecule has 0 amide bonds. The van der Waals surface area contributed by atoms with Crippen molar-refractivity contribution in [1.29, 1.82) is 0 Å². The summed E-state index contributed by atoms with van der Waals surface area (Å²) in [6.07, 6.45) is 38.5. The molecule has 0 fully saturated rings. The van der Waals surface area contributed by atoms with Gasteiger partial charge in [-0.3, -0.25) is 0 Å². The molecule has 0 aromatic heterocycles. The maximum Gasteiger partial charge on any atom is 0.157 e. The molecule has 0 radical (unpaired) electrons. The van der Waals surface area contributed by atoms with Crippen molar-refractivity contribution in [2.45, 2.75) is 206 Å². The summed E-state index contributed by atoms with van der Waals surface area (Å²) in [4.78, 5) is 9.96. The van der Waals surface area contributed by atoms with E-state index in [2.05, 4.69) is 62.4 Å². The van der Waals surface area contributed by atoms with Gasteiger partial charge in [0, 0.05) is 5.92 Å². The largest absolute Gasteiger partial charge is 0.494 e. The zero-order valence-electron chi connectivity index (χ0n) is 33.1. The first-order valence-electron chi connectivity index (χ1n) is 21.8. The lowest BCUT2D eigenvalue weighted by atomic mass is 9.93. The first kappa shape index (κ1) is 44.4. The van der Waals surface area contributed by atoms with Crippen molar-refractivity contribution in [1.82, 2.24) is 0 Å². The van der Waals surface area contributed by atoms with E-state index in [0.717, 1.165) is 43.6 Å². The lowest BCUT2D eigenvalue weighted by Crippen LogP contribution is -2.05. The maximum atomic E-state index is 9.96. The summed E-state index contributed by atoms with van der Waals surface area (Å²) in [5, 5.41) is 0. The summed E-state index contributed by atoms with van der Waals surface area (Å²) in [5.74, 6) is 2.14. The Morgan fingerprint density at radius 1 is 0.400 bits per heavy atom. The average Bonchev–Trinajstić information content (AvgIpc) is 3.14. The molecule has 286 valence electrons. The molecular formula is C46H80O3Si. The second-order valence-electron chi connectivity index (χ2n) is 15.1. The van der Waals surface area contributed by atoms with Crippen LogP contribution in [0.4, 0.5) is 0 Å². The van der Waals surface area contributed by atoms with Gasteiger partial charge in [0.15, 0.2) is 9.76 Å². The van der Waals surface area contributed by atoms with Gasteiger partial charge in [-0.05, 0) is 54.3 Å². The molecule has 0 aliphatic carbocycles. The van der Waals surface area contributed by atoms with Crippen LogP contribution in [0.5, 0.6) is 11.5 Å². The monoisotopic (exact) mass is 709 g/mol. The third-order valence-electron chi connectivity index (χ3n) is 10.5. The zero-order chi connectivity index (χ0) is 35.6. The van der Waals surface area contributed by atoms with Crippen LogP contribution in [0.1, 0.15) is 211 Å². The number of hydrogen-bond acceptors (Lipinski definition) is 3. The summed E-state index contributed by atoms with van der Waals surface area (Å²) in [7, 11) is -1.07. The fourth-order valence-electron chi connectivity index (χ4n) is 7.22. The zero-order valence-corrected chi connectivity index (χ0v) is 34.5. The molecule has 4 heteroatoms. The number of unbranched alkanes of at least 4 members (excludes halogenated alkanes) is 26. The van der Waals surface area contributed by atoms with Crippen molar-refractivity contribution in [2.75, 3.05) is 13.2 Å². The lowest BCUT2D eigenvalue weighted by molar-refractivity contribution is 0.304. The normalized spacial score (nSPS) is 11.7. The first-order valence-corrected chi connectivity index (χ1v) is 23.5. The van der Waals surface area contributed by atoms with Crippen LogP contribution in [0.25, 0.3) is 0 Å². The van der Waals surface area contributed by atoms with Gasteiger partial charge in [0.25, 0.3) is 0 Å². The van der Waals surface area contributed by atoms with E-state index in [1.807, 2.05) is 0 Å². The average molecular weight is 709 g/mol. The molecule has 2 aromatic rings. The molecule has 0 heterocycles. The Morgan fingerprint density at radius 2 is 0.660 bits per heavy atom. The molecule has 0 saturated heterocycles. The van der Waals surface area contributed by atoms with Crippen LogP contribution in [0.3, 0.4) is 0 Å². The Balaban J connectivity index is 1.52. The predicted octanol–water partition coefficient (Wildman–Crippen LogP) is 14.0. The van der Waals surface area contributed by atoms with Crippen LogP contribution in [0, 0.1) is 0 Å². The highest BCUT2D eigenvalue weighted by atomic mass is 28.2. The second-order valence-corrected chi connectivity index (χ2v) is 16.1. The van der Waals surface area contributed by atoms with Crippen LogP contribution in [-0.4, -0.2) is 27.8 Å². The van der Waals surface area contributed by atoms with Crippen molar-refractivity contribution < 1.29 is 14.3 Å². The number of hydrogen-bond donors (Lipinski definition) is 1. The standard InChI is InChI=1S/C46H80O3Si/c1-3-5-7-9-11-13-15-17-19-21-23-25-27-29-39-48-44-35-31-42(32-36-44)46(41-50-47)43-33-37-45(38-34-43)49-40-30-28-26-24-22-20-18-16-14-12-10-8-6-4-2/h31-38,46-47H,3-30,39-41,50H2,1-2H3. The molecule has 1 N–H and O–H groups in total. The van der Waals surface area contributed by atoms with Gasteiger partial charge in [-0.15, -0.1) is 0 Å². The molecular weight excluding hydrogens is 629 g/mol. The summed E-state index contributed by atoms with van der Waals surface area (Å²) in [6, 6.07) is 18.0. The van der Waals surface area contributed by atoms with Gasteiger partial charge in [-0.25, -0.2) is 0 Å². The fourth-order valence-corrected chi connectivity index (χ4v) is 8.15. The van der Waals surface area contributed by atoms with Gasteiger partial charge >= 0.3 is 0 Å². The molecule has 0 atom stereocenters. The highest BCUT2D eigenvalue weighted by molar-refractivity contribution is 6.25. The van der Waals surface area contributed by atoms with Crippen LogP contribution in [0.15, 0.2) is 48.5 Å². The van der Waals surface area contributed by atoms with Crippen LogP contribution >= 0.6 is 0 Å². The molecule has 50 heavy (non-hydrogen) atoms. The van der Waals surface area contributed by atoms with Crippen molar-refractivity contribution in [3.8, 4) is 11.5 Å². The predicted molar refractivity (Wildman–Crippen MR) is 222 cm³/mol. The Bertz CT molecular complexity index is 898. The third-order valence-corrected chi connectivity index (χ3v) is 11.4. The first-order chi connectivity index (χ1) is 24.8. The molecule has 0 aliphatic rings. The van der Waals surface area contributed by atoms with Gasteiger partial charge in [-0.1, -0.05) is 205 Å². The highest BCUT2D eigenvalue weighted by Gasteiger charge is 2.14. The topological polar surface area (TPSA) is 38.7 Å². The van der Waals surface area contributed by atoms with Crippen LogP contribution < -0.4 is 9.47 Å². The maximum absolute atomic E-state index is 9.96. The number of benzene rings is 2. The fraction of sp³-hybridized carbons (Fsp3) is 0.739. The van der Waals surface area contributed by atoms with Gasteiger partial charge < -0.3 is 14.3 Å². The van der Waals surface area contributed by atoms with E-state index < -0.39 is 9.76 Å². The Labute approximate surface area is 313 Å². The third kappa shape index (κ3) is 23.6. The Kier molecular flexibility index (Phi) is 29.4. The second kappa shape index (κ2) is 33.1. The van der Waals surface area contributed by atoms with Crippen LogP contribution in [0.2, 0.25) is 6.04 Å². The molecule has 0 aliphatic heterocycles. The minimum atomic E-state index is -1.07. The van der Waals surface area contributed by atoms with Crippen LogP contribution in [-0.2, 0) is 0 Å². The SMILES string of the molecule is CCCCCCCCCCCCCCCCOc1ccc(C(C[SiH2]O)c2ccc(OCCCCCCCCCCCCCCCC)cc2)cc1. The number of ether oxygens (including phenoxy) is 2. The molecule has 2 rings (SSSR count). The molecule has 3 nitrogen and oxygen atoms in total. The summed E-state index contributed by atoms with van der Waals surface area (Å²) in [6.45, 7) is 6.18. The Hall–Kier alpha value is -1.78. The molecule has 2 aromatic carbocycles. The molecule has 0 spiro atoms.